The predicted molar refractivity (Wildman–Crippen MR) is 64.0 cm³/mol. The molecule has 1 rings (SSSR count). The number of rotatable bonds is 8. The van der Waals surface area contributed by atoms with Gasteiger partial charge in [0.2, 0.25) is 5.91 Å². The maximum Gasteiger partial charge on any atom is 0.251 e. The summed E-state index contributed by atoms with van der Waals surface area (Å²) in [4.78, 5) is 12.9. The van der Waals surface area contributed by atoms with E-state index in [4.69, 9.17) is 9.63 Å². The van der Waals surface area contributed by atoms with Gasteiger partial charge in [-0.25, -0.2) is 8.78 Å². The number of nitrogens with one attached hydrogen (secondary N) is 1. The molecule has 6 nitrogen and oxygen atoms in total. The fourth-order valence-electron chi connectivity index (χ4n) is 1.52. The van der Waals surface area contributed by atoms with Crippen molar-refractivity contribution in [2.24, 2.45) is 0 Å². The second-order valence-electron chi connectivity index (χ2n) is 4.04. The minimum Gasteiger partial charge on any atom is -0.395 e. The van der Waals surface area contributed by atoms with E-state index < -0.39 is 13.0 Å². The quantitative estimate of drug-likeness (QED) is 0.737. The summed E-state index contributed by atoms with van der Waals surface area (Å²) in [6.45, 7) is 1.26. The van der Waals surface area contributed by atoms with Gasteiger partial charge in [0.25, 0.3) is 6.43 Å². The molecule has 0 aliphatic rings. The van der Waals surface area contributed by atoms with Gasteiger partial charge in [-0.15, -0.1) is 0 Å². The Labute approximate surface area is 109 Å². The number of amides is 1. The first kappa shape index (κ1) is 15.5. The molecular formula is C11H17F2N3O3. The number of aromatic nitrogens is 1. The number of aryl methyl sites for hydroxylation is 1. The lowest BCUT2D eigenvalue weighted by molar-refractivity contribution is -0.116. The van der Waals surface area contributed by atoms with Crippen LogP contribution in [-0.2, 0) is 4.79 Å². The van der Waals surface area contributed by atoms with E-state index in [2.05, 4.69) is 10.5 Å². The molecule has 0 aliphatic carbocycles. The summed E-state index contributed by atoms with van der Waals surface area (Å²) in [6.07, 6.45) is -2.45. The fourth-order valence-corrected chi connectivity index (χ4v) is 1.52. The normalized spacial score (nSPS) is 11.3. The number of anilines is 1. The monoisotopic (exact) mass is 277 g/mol. The number of hydrogen-bond acceptors (Lipinski definition) is 5. The third-order valence-corrected chi connectivity index (χ3v) is 2.36. The highest BCUT2D eigenvalue weighted by atomic mass is 19.3. The Morgan fingerprint density at radius 2 is 2.32 bits per heavy atom. The SMILES string of the molecule is Cc1cc(NC(=O)CCN(CCO)CC(F)F)no1. The van der Waals surface area contributed by atoms with Gasteiger partial charge < -0.3 is 14.9 Å². The van der Waals surface area contributed by atoms with Crippen LogP contribution in [-0.4, -0.2) is 53.7 Å². The second kappa shape index (κ2) is 7.80. The summed E-state index contributed by atoms with van der Waals surface area (Å²) in [5, 5.41) is 14.8. The molecule has 1 aromatic heterocycles. The van der Waals surface area contributed by atoms with Gasteiger partial charge in [-0.05, 0) is 6.92 Å². The molecule has 0 bridgehead atoms. The zero-order valence-electron chi connectivity index (χ0n) is 10.6. The van der Waals surface area contributed by atoms with Crippen LogP contribution in [0.1, 0.15) is 12.2 Å². The number of alkyl halides is 2. The largest absolute Gasteiger partial charge is 0.395 e. The molecular weight excluding hydrogens is 260 g/mol. The zero-order chi connectivity index (χ0) is 14.3. The standard InChI is InChI=1S/C11H17F2N3O3/c1-8-6-10(15-19-8)14-11(18)2-3-16(4-5-17)7-9(12)13/h6,9,17H,2-5,7H2,1H3,(H,14,15,18). The maximum atomic E-state index is 12.2. The lowest BCUT2D eigenvalue weighted by atomic mass is 10.3. The molecule has 0 saturated heterocycles. The van der Waals surface area contributed by atoms with Crippen molar-refractivity contribution in [1.29, 1.82) is 0 Å². The fraction of sp³-hybridized carbons (Fsp3) is 0.636. The average molecular weight is 277 g/mol. The molecule has 108 valence electrons. The molecule has 8 heteroatoms. The van der Waals surface area contributed by atoms with Crippen LogP contribution in [0.5, 0.6) is 0 Å². The van der Waals surface area contributed by atoms with Crippen molar-refractivity contribution in [3.63, 3.8) is 0 Å². The zero-order valence-corrected chi connectivity index (χ0v) is 10.6. The summed E-state index contributed by atoms with van der Waals surface area (Å²) in [6, 6.07) is 1.56. The number of aliphatic hydroxyl groups excluding tert-OH is 1. The van der Waals surface area contributed by atoms with Gasteiger partial charge in [0.05, 0.1) is 13.2 Å². The van der Waals surface area contributed by atoms with Gasteiger partial charge in [-0.3, -0.25) is 9.69 Å². The summed E-state index contributed by atoms with van der Waals surface area (Å²) in [5.74, 6) is 0.519. The van der Waals surface area contributed by atoms with E-state index in [9.17, 15) is 13.6 Å². The Hall–Kier alpha value is -1.54. The molecule has 0 radical (unpaired) electrons. The number of carbonyl (C=O) groups is 1. The van der Waals surface area contributed by atoms with Crippen molar-refractivity contribution in [3.8, 4) is 0 Å². The highest BCUT2D eigenvalue weighted by molar-refractivity contribution is 5.89. The van der Waals surface area contributed by atoms with Crippen LogP contribution in [0.3, 0.4) is 0 Å². The molecule has 1 heterocycles. The number of nitrogens with zero attached hydrogens (tertiary/aromatic N) is 2. The van der Waals surface area contributed by atoms with Crippen LogP contribution in [0.4, 0.5) is 14.6 Å². The third-order valence-electron chi connectivity index (χ3n) is 2.36. The van der Waals surface area contributed by atoms with Gasteiger partial charge in [0.15, 0.2) is 5.82 Å². The summed E-state index contributed by atoms with van der Waals surface area (Å²) in [5.41, 5.74) is 0. The van der Waals surface area contributed by atoms with Crippen molar-refractivity contribution in [2.75, 3.05) is 31.6 Å². The number of hydrogen-bond donors (Lipinski definition) is 2. The summed E-state index contributed by atoms with van der Waals surface area (Å²) in [7, 11) is 0. The first-order valence-corrected chi connectivity index (χ1v) is 5.85. The van der Waals surface area contributed by atoms with Crippen molar-refractivity contribution in [1.82, 2.24) is 10.1 Å². The lowest BCUT2D eigenvalue weighted by Crippen LogP contribution is -2.34. The predicted octanol–water partition coefficient (Wildman–Crippen LogP) is 0.871. The van der Waals surface area contributed by atoms with Crippen molar-refractivity contribution in [2.45, 2.75) is 19.8 Å². The first-order chi connectivity index (χ1) is 9.01. The Balaban J connectivity index is 2.34. The Bertz CT molecular complexity index is 398. The maximum absolute atomic E-state index is 12.2. The van der Waals surface area contributed by atoms with Crippen LogP contribution >= 0.6 is 0 Å². The van der Waals surface area contributed by atoms with Crippen molar-refractivity contribution in [3.05, 3.63) is 11.8 Å². The van der Waals surface area contributed by atoms with Crippen LogP contribution in [0.25, 0.3) is 0 Å². The molecule has 1 amide bonds. The van der Waals surface area contributed by atoms with Crippen molar-refractivity contribution >= 4 is 11.7 Å². The number of halogens is 2. The Morgan fingerprint density at radius 3 is 2.84 bits per heavy atom. The minimum atomic E-state index is -2.49. The molecule has 1 aromatic rings. The smallest absolute Gasteiger partial charge is 0.251 e. The summed E-state index contributed by atoms with van der Waals surface area (Å²) >= 11 is 0. The molecule has 0 aliphatic heterocycles. The van der Waals surface area contributed by atoms with Gasteiger partial charge in [0, 0.05) is 25.6 Å². The van der Waals surface area contributed by atoms with Gasteiger partial charge >= 0.3 is 0 Å². The van der Waals surface area contributed by atoms with E-state index in [1.54, 1.807) is 13.0 Å². The highest BCUT2D eigenvalue weighted by Gasteiger charge is 2.13. The van der Waals surface area contributed by atoms with Gasteiger partial charge in [-0.2, -0.15) is 0 Å². The second-order valence-corrected chi connectivity index (χ2v) is 4.04. The van der Waals surface area contributed by atoms with Gasteiger partial charge in [0.1, 0.15) is 5.76 Å². The van der Waals surface area contributed by atoms with Crippen molar-refractivity contribution < 1.29 is 23.2 Å². The average Bonchev–Trinajstić information content (AvgIpc) is 2.71. The van der Waals surface area contributed by atoms with E-state index in [0.717, 1.165) is 0 Å². The molecule has 0 saturated carbocycles. The topological polar surface area (TPSA) is 78.6 Å². The number of aliphatic hydroxyl groups is 1. The lowest BCUT2D eigenvalue weighted by Gasteiger charge is -2.20. The molecule has 0 fully saturated rings. The first-order valence-electron chi connectivity index (χ1n) is 5.85. The molecule has 0 atom stereocenters. The van der Waals surface area contributed by atoms with E-state index in [0.29, 0.717) is 11.6 Å². The van der Waals surface area contributed by atoms with Crippen LogP contribution in [0.15, 0.2) is 10.6 Å². The molecule has 0 spiro atoms. The Morgan fingerprint density at radius 1 is 1.58 bits per heavy atom. The van der Waals surface area contributed by atoms with Crippen LogP contribution in [0, 0.1) is 6.92 Å². The number of carbonyl (C=O) groups excluding carboxylic acids is 1. The van der Waals surface area contributed by atoms with E-state index in [1.807, 2.05) is 0 Å². The van der Waals surface area contributed by atoms with E-state index >= 15 is 0 Å². The van der Waals surface area contributed by atoms with E-state index in [1.165, 1.54) is 4.90 Å². The Kier molecular flexibility index (Phi) is 6.37. The van der Waals surface area contributed by atoms with Gasteiger partial charge in [-0.1, -0.05) is 5.16 Å². The molecule has 19 heavy (non-hydrogen) atoms. The minimum absolute atomic E-state index is 0.0403. The highest BCUT2D eigenvalue weighted by Crippen LogP contribution is 2.07. The molecule has 0 aromatic carbocycles. The molecule has 0 unspecified atom stereocenters. The van der Waals surface area contributed by atoms with E-state index in [-0.39, 0.29) is 32.0 Å². The molecule has 2 N–H and O–H groups in total. The third kappa shape index (κ3) is 6.25. The van der Waals surface area contributed by atoms with Crippen LogP contribution < -0.4 is 5.32 Å². The summed E-state index contributed by atoms with van der Waals surface area (Å²) < 4.78 is 29.2. The van der Waals surface area contributed by atoms with Crippen LogP contribution in [0.2, 0.25) is 0 Å².